The number of pyridine rings is 1. The molecule has 0 aliphatic rings. The van der Waals surface area contributed by atoms with Crippen LogP contribution in [0.25, 0.3) is 0 Å². The SMILES string of the molecule is CNC(=Nc1ccc(Cl)cc1)Nc1ncccc1OCc1c(F)cccc1F. The third-order valence-electron chi connectivity index (χ3n) is 3.75. The molecule has 0 aliphatic heterocycles. The van der Waals surface area contributed by atoms with Crippen LogP contribution in [0.15, 0.2) is 65.8 Å². The monoisotopic (exact) mass is 402 g/mol. The van der Waals surface area contributed by atoms with E-state index in [1.165, 1.54) is 18.2 Å². The smallest absolute Gasteiger partial charge is 0.202 e. The fourth-order valence-corrected chi connectivity index (χ4v) is 2.45. The van der Waals surface area contributed by atoms with Crippen LogP contribution in [0.5, 0.6) is 5.75 Å². The fourth-order valence-electron chi connectivity index (χ4n) is 2.32. The van der Waals surface area contributed by atoms with Crippen LogP contribution in [0, 0.1) is 11.6 Å². The number of benzene rings is 2. The molecule has 8 heteroatoms. The quantitative estimate of drug-likeness (QED) is 0.470. The molecule has 0 saturated carbocycles. The number of halogens is 3. The molecule has 3 aromatic rings. The molecule has 0 saturated heterocycles. The van der Waals surface area contributed by atoms with E-state index in [0.717, 1.165) is 0 Å². The van der Waals surface area contributed by atoms with Gasteiger partial charge in [0.25, 0.3) is 0 Å². The van der Waals surface area contributed by atoms with Gasteiger partial charge in [0.2, 0.25) is 5.96 Å². The Labute approximate surface area is 166 Å². The normalized spacial score (nSPS) is 11.2. The summed E-state index contributed by atoms with van der Waals surface area (Å²) >= 11 is 5.88. The van der Waals surface area contributed by atoms with Crippen LogP contribution in [-0.4, -0.2) is 18.0 Å². The highest BCUT2D eigenvalue weighted by Crippen LogP contribution is 2.24. The van der Waals surface area contributed by atoms with Crippen LogP contribution in [0.2, 0.25) is 5.02 Å². The maximum atomic E-state index is 13.8. The van der Waals surface area contributed by atoms with Crippen LogP contribution < -0.4 is 15.4 Å². The molecule has 5 nitrogen and oxygen atoms in total. The molecule has 1 aromatic heterocycles. The highest BCUT2D eigenvalue weighted by atomic mass is 35.5. The predicted molar refractivity (Wildman–Crippen MR) is 106 cm³/mol. The Kier molecular flexibility index (Phi) is 6.39. The third-order valence-corrected chi connectivity index (χ3v) is 4.00. The number of hydrogen-bond acceptors (Lipinski definition) is 3. The number of aromatic nitrogens is 1. The van der Waals surface area contributed by atoms with Gasteiger partial charge < -0.3 is 15.4 Å². The average Bonchev–Trinajstić information content (AvgIpc) is 2.70. The molecule has 2 N–H and O–H groups in total. The third kappa shape index (κ3) is 4.95. The molecule has 0 spiro atoms. The number of ether oxygens (including phenoxy) is 1. The van der Waals surface area contributed by atoms with E-state index in [9.17, 15) is 8.78 Å². The van der Waals surface area contributed by atoms with E-state index in [4.69, 9.17) is 16.3 Å². The molecular formula is C20H17ClF2N4O. The van der Waals surface area contributed by atoms with Gasteiger partial charge in [-0.05, 0) is 48.5 Å². The van der Waals surface area contributed by atoms with Crippen molar-refractivity contribution in [3.05, 3.63) is 83.0 Å². The Bertz CT molecular complexity index is 960. The van der Waals surface area contributed by atoms with Crippen molar-refractivity contribution in [2.24, 2.45) is 4.99 Å². The lowest BCUT2D eigenvalue weighted by atomic mass is 10.2. The standard InChI is InChI=1S/C20H17ClF2N4O/c1-24-20(26-14-9-7-13(21)8-10-14)27-19-18(6-3-11-25-19)28-12-15-16(22)4-2-5-17(15)23/h2-11H,12H2,1H3,(H2,24,25,26,27). The van der Waals surface area contributed by atoms with Crippen molar-refractivity contribution in [3.63, 3.8) is 0 Å². The van der Waals surface area contributed by atoms with Crippen molar-refractivity contribution in [3.8, 4) is 5.75 Å². The van der Waals surface area contributed by atoms with E-state index in [1.807, 2.05) is 0 Å². The van der Waals surface area contributed by atoms with Crippen LogP contribution in [0.1, 0.15) is 5.56 Å². The van der Waals surface area contributed by atoms with E-state index < -0.39 is 11.6 Å². The maximum Gasteiger partial charge on any atom is 0.202 e. The van der Waals surface area contributed by atoms with Gasteiger partial charge in [0.05, 0.1) is 11.3 Å². The van der Waals surface area contributed by atoms with Crippen LogP contribution >= 0.6 is 11.6 Å². The van der Waals surface area contributed by atoms with Crippen LogP contribution in [-0.2, 0) is 6.61 Å². The molecule has 0 radical (unpaired) electrons. The zero-order chi connectivity index (χ0) is 19.9. The number of nitrogens with zero attached hydrogens (tertiary/aromatic N) is 2. The van der Waals surface area contributed by atoms with Crippen LogP contribution in [0.4, 0.5) is 20.3 Å². The summed E-state index contributed by atoms with van der Waals surface area (Å²) in [6.45, 7) is -0.276. The van der Waals surface area contributed by atoms with Gasteiger partial charge in [0, 0.05) is 18.3 Å². The summed E-state index contributed by atoms with van der Waals surface area (Å²) in [7, 11) is 1.69. The van der Waals surface area contributed by atoms with E-state index >= 15 is 0 Å². The Morgan fingerprint density at radius 1 is 1.07 bits per heavy atom. The Balaban J connectivity index is 1.78. The van der Waals surface area contributed by atoms with Crippen molar-refractivity contribution >= 4 is 29.1 Å². The highest BCUT2D eigenvalue weighted by Gasteiger charge is 2.12. The van der Waals surface area contributed by atoms with Crippen LogP contribution in [0.3, 0.4) is 0 Å². The summed E-state index contributed by atoms with van der Waals surface area (Å²) in [6, 6.07) is 14.0. The number of anilines is 1. The van der Waals surface area contributed by atoms with E-state index in [1.54, 1.807) is 49.6 Å². The number of hydrogen-bond donors (Lipinski definition) is 2. The van der Waals surface area contributed by atoms with Gasteiger partial charge in [0.15, 0.2) is 11.6 Å². The van der Waals surface area contributed by atoms with Crippen molar-refractivity contribution in [1.82, 2.24) is 10.3 Å². The van der Waals surface area contributed by atoms with Gasteiger partial charge in [-0.3, -0.25) is 0 Å². The van der Waals surface area contributed by atoms with E-state index in [2.05, 4.69) is 20.6 Å². The fraction of sp³-hybridized carbons (Fsp3) is 0.100. The van der Waals surface area contributed by atoms with Gasteiger partial charge >= 0.3 is 0 Å². The zero-order valence-corrected chi connectivity index (χ0v) is 15.7. The first kappa shape index (κ1) is 19.6. The van der Waals surface area contributed by atoms with Gasteiger partial charge in [-0.25, -0.2) is 18.8 Å². The molecule has 3 rings (SSSR count). The zero-order valence-electron chi connectivity index (χ0n) is 14.9. The van der Waals surface area contributed by atoms with Gasteiger partial charge in [-0.1, -0.05) is 17.7 Å². The first-order valence-corrected chi connectivity index (χ1v) is 8.74. The molecular weight excluding hydrogens is 386 g/mol. The van der Waals surface area contributed by atoms with E-state index in [0.29, 0.717) is 28.2 Å². The number of nitrogens with one attached hydrogen (secondary N) is 2. The first-order chi connectivity index (χ1) is 13.6. The molecule has 0 aliphatic carbocycles. The average molecular weight is 403 g/mol. The summed E-state index contributed by atoms with van der Waals surface area (Å²) in [5.41, 5.74) is 0.522. The van der Waals surface area contributed by atoms with Gasteiger partial charge in [-0.15, -0.1) is 0 Å². The number of rotatable bonds is 5. The lowest BCUT2D eigenvalue weighted by Gasteiger charge is -2.14. The molecule has 0 atom stereocenters. The van der Waals surface area contributed by atoms with Crippen molar-refractivity contribution in [2.45, 2.75) is 6.61 Å². The molecule has 0 unspecified atom stereocenters. The summed E-state index contributed by atoms with van der Waals surface area (Å²) in [5.74, 6) is -0.259. The maximum absolute atomic E-state index is 13.8. The summed E-state index contributed by atoms with van der Waals surface area (Å²) in [6.07, 6.45) is 1.56. The minimum absolute atomic E-state index is 0.152. The second kappa shape index (κ2) is 9.14. The van der Waals surface area contributed by atoms with Gasteiger partial charge in [-0.2, -0.15) is 0 Å². The predicted octanol–water partition coefficient (Wildman–Crippen LogP) is 4.91. The molecule has 2 aromatic carbocycles. The van der Waals surface area contributed by atoms with Gasteiger partial charge in [0.1, 0.15) is 18.2 Å². The Morgan fingerprint density at radius 3 is 2.46 bits per heavy atom. The second-order valence-corrected chi connectivity index (χ2v) is 6.09. The topological polar surface area (TPSA) is 58.5 Å². The molecule has 1 heterocycles. The molecule has 144 valence electrons. The Hall–Kier alpha value is -3.19. The van der Waals surface area contributed by atoms with E-state index in [-0.39, 0.29) is 12.2 Å². The second-order valence-electron chi connectivity index (χ2n) is 5.65. The molecule has 0 fully saturated rings. The molecule has 0 bridgehead atoms. The van der Waals surface area contributed by atoms with Crippen molar-refractivity contribution < 1.29 is 13.5 Å². The largest absolute Gasteiger partial charge is 0.485 e. The Morgan fingerprint density at radius 2 is 1.79 bits per heavy atom. The highest BCUT2D eigenvalue weighted by molar-refractivity contribution is 6.30. The minimum Gasteiger partial charge on any atom is -0.485 e. The number of guanidine groups is 1. The first-order valence-electron chi connectivity index (χ1n) is 8.36. The lowest BCUT2D eigenvalue weighted by Crippen LogP contribution is -2.27. The summed E-state index contributed by atoms with van der Waals surface area (Å²) < 4.78 is 33.2. The van der Waals surface area contributed by atoms with Crippen molar-refractivity contribution in [2.75, 3.05) is 12.4 Å². The molecule has 0 amide bonds. The molecule has 28 heavy (non-hydrogen) atoms. The minimum atomic E-state index is -0.668. The number of aliphatic imine (C=N–C) groups is 1. The van der Waals surface area contributed by atoms with Crippen molar-refractivity contribution in [1.29, 1.82) is 0 Å². The summed E-state index contributed by atoms with van der Waals surface area (Å²) in [4.78, 5) is 8.64. The summed E-state index contributed by atoms with van der Waals surface area (Å²) in [5, 5.41) is 6.54. The lowest BCUT2D eigenvalue weighted by molar-refractivity contribution is 0.293.